The molecule has 0 bridgehead atoms. The minimum absolute atomic E-state index is 0.576. The lowest BCUT2D eigenvalue weighted by molar-refractivity contribution is 0.653. The van der Waals surface area contributed by atoms with Gasteiger partial charge < -0.3 is 4.42 Å². The molecule has 6 heteroatoms. The Kier molecular flexibility index (Phi) is 6.21. The molecular weight excluding hydrogens is 681 g/mol. The van der Waals surface area contributed by atoms with Crippen molar-refractivity contribution in [2.45, 2.75) is 9.79 Å². The van der Waals surface area contributed by atoms with Gasteiger partial charge in [0.1, 0.15) is 11.2 Å². The van der Waals surface area contributed by atoms with E-state index in [0.717, 1.165) is 61.0 Å². The Morgan fingerprint density at radius 2 is 1.17 bits per heavy atom. The Morgan fingerprint density at radius 1 is 0.481 bits per heavy atom. The Morgan fingerprint density at radius 3 is 2.04 bits per heavy atom. The number of furan rings is 1. The summed E-state index contributed by atoms with van der Waals surface area (Å²) in [6, 6.07) is 59.9. The van der Waals surface area contributed by atoms with E-state index < -0.39 is 0 Å². The molecule has 12 rings (SSSR count). The average Bonchev–Trinajstić information content (AvgIpc) is 3.90. The van der Waals surface area contributed by atoms with Gasteiger partial charge in [-0.3, -0.25) is 9.13 Å². The standard InChI is InChI=1S/C48H28N4OS/c1-3-13-29(14-4-1)30-25-27-31(28-26-30)44-43-33-17-7-9-22-38(33)53-47(43)50-46(49-44)35-19-11-21-37-41(35)42-34-18-12-24-40-45(34)52(36-20-8-10-23-39(36)54-40)48(42)51(37)32-15-5-2-6-16-32/h1-28H. The highest BCUT2D eigenvalue weighted by Gasteiger charge is 2.29. The van der Waals surface area contributed by atoms with E-state index in [2.05, 4.69) is 155 Å². The molecule has 5 heterocycles. The zero-order chi connectivity index (χ0) is 35.3. The van der Waals surface area contributed by atoms with Gasteiger partial charge in [-0.2, -0.15) is 4.98 Å². The van der Waals surface area contributed by atoms with Gasteiger partial charge in [0.15, 0.2) is 5.82 Å². The third kappa shape index (κ3) is 4.17. The van der Waals surface area contributed by atoms with Crippen LogP contribution in [-0.2, 0) is 0 Å². The molecule has 0 saturated carbocycles. The van der Waals surface area contributed by atoms with Crippen LogP contribution in [0.1, 0.15) is 0 Å². The van der Waals surface area contributed by atoms with Gasteiger partial charge in [-0.05, 0) is 53.6 Å². The van der Waals surface area contributed by atoms with E-state index in [1.165, 1.54) is 37.3 Å². The fourth-order valence-corrected chi connectivity index (χ4v) is 9.54. The van der Waals surface area contributed by atoms with Gasteiger partial charge in [0.25, 0.3) is 0 Å². The predicted molar refractivity (Wildman–Crippen MR) is 221 cm³/mol. The average molecular weight is 709 g/mol. The van der Waals surface area contributed by atoms with Crippen molar-refractivity contribution in [3.8, 4) is 45.1 Å². The zero-order valence-corrected chi connectivity index (χ0v) is 29.6. The summed E-state index contributed by atoms with van der Waals surface area (Å²) >= 11 is 1.84. The second-order valence-corrected chi connectivity index (χ2v) is 14.8. The van der Waals surface area contributed by atoms with Crippen LogP contribution in [0.25, 0.3) is 100 Å². The van der Waals surface area contributed by atoms with E-state index in [9.17, 15) is 0 Å². The molecule has 7 aromatic carbocycles. The number of hydrogen-bond acceptors (Lipinski definition) is 4. The zero-order valence-electron chi connectivity index (χ0n) is 28.8. The van der Waals surface area contributed by atoms with Crippen molar-refractivity contribution >= 4 is 66.7 Å². The molecule has 252 valence electrons. The highest BCUT2D eigenvalue weighted by molar-refractivity contribution is 7.99. The molecule has 5 nitrogen and oxygen atoms in total. The van der Waals surface area contributed by atoms with Gasteiger partial charge in [0, 0.05) is 48.2 Å². The number of hydrogen-bond donors (Lipinski definition) is 0. The van der Waals surface area contributed by atoms with Crippen LogP contribution in [0.5, 0.6) is 0 Å². The summed E-state index contributed by atoms with van der Waals surface area (Å²) in [4.78, 5) is 13.2. The fourth-order valence-electron chi connectivity index (χ4n) is 8.45. The molecule has 0 unspecified atom stereocenters. The summed E-state index contributed by atoms with van der Waals surface area (Å²) in [5.74, 6) is 0.628. The van der Waals surface area contributed by atoms with E-state index in [4.69, 9.17) is 14.4 Å². The molecule has 0 aliphatic carbocycles. The second kappa shape index (κ2) is 11.3. The van der Waals surface area contributed by atoms with Crippen LogP contribution in [0.3, 0.4) is 0 Å². The minimum atomic E-state index is 0.576. The van der Waals surface area contributed by atoms with E-state index in [0.29, 0.717) is 11.5 Å². The lowest BCUT2D eigenvalue weighted by Gasteiger charge is -2.21. The van der Waals surface area contributed by atoms with Gasteiger partial charge in [-0.15, -0.1) is 0 Å². The van der Waals surface area contributed by atoms with Gasteiger partial charge in [-0.25, -0.2) is 4.98 Å². The third-order valence-electron chi connectivity index (χ3n) is 10.8. The molecule has 1 aliphatic rings. The van der Waals surface area contributed by atoms with Crippen LogP contribution in [0.15, 0.2) is 184 Å². The first-order valence-electron chi connectivity index (χ1n) is 18.1. The lowest BCUT2D eigenvalue weighted by Crippen LogP contribution is -2.05. The molecular formula is C48H28N4OS. The monoisotopic (exact) mass is 708 g/mol. The molecule has 0 fully saturated rings. The molecule has 11 aromatic rings. The normalized spacial score (nSPS) is 12.4. The molecule has 54 heavy (non-hydrogen) atoms. The number of nitrogens with zero attached hydrogens (tertiary/aromatic N) is 4. The van der Waals surface area contributed by atoms with Crippen molar-refractivity contribution < 1.29 is 4.42 Å². The van der Waals surface area contributed by atoms with Crippen molar-refractivity contribution in [1.82, 2.24) is 19.1 Å². The van der Waals surface area contributed by atoms with Gasteiger partial charge in [0.2, 0.25) is 5.71 Å². The Balaban J connectivity index is 1.19. The van der Waals surface area contributed by atoms with Gasteiger partial charge >= 0.3 is 0 Å². The van der Waals surface area contributed by atoms with Crippen molar-refractivity contribution in [1.29, 1.82) is 0 Å². The Labute approximate surface area is 313 Å². The largest absolute Gasteiger partial charge is 0.438 e. The highest BCUT2D eigenvalue weighted by Crippen LogP contribution is 2.51. The van der Waals surface area contributed by atoms with Gasteiger partial charge in [-0.1, -0.05) is 139 Å². The van der Waals surface area contributed by atoms with Crippen LogP contribution in [0, 0.1) is 0 Å². The summed E-state index contributed by atoms with van der Waals surface area (Å²) in [5.41, 5.74) is 12.2. The van der Waals surface area contributed by atoms with E-state index >= 15 is 0 Å². The first-order valence-corrected chi connectivity index (χ1v) is 18.9. The number of benzene rings is 7. The highest BCUT2D eigenvalue weighted by atomic mass is 32.2. The van der Waals surface area contributed by atoms with Crippen LogP contribution < -0.4 is 0 Å². The molecule has 0 spiro atoms. The molecule has 0 amide bonds. The summed E-state index contributed by atoms with van der Waals surface area (Å²) in [6.07, 6.45) is 0. The Bertz CT molecular complexity index is 3290. The molecule has 0 saturated heterocycles. The lowest BCUT2D eigenvalue weighted by atomic mass is 10.0. The third-order valence-corrected chi connectivity index (χ3v) is 11.9. The molecule has 1 aliphatic heterocycles. The van der Waals surface area contributed by atoms with Crippen molar-refractivity contribution in [3.05, 3.63) is 170 Å². The van der Waals surface area contributed by atoms with Gasteiger partial charge in [0.05, 0.1) is 27.8 Å². The number of rotatable bonds is 4. The van der Waals surface area contributed by atoms with E-state index in [1.54, 1.807) is 0 Å². The van der Waals surface area contributed by atoms with Crippen molar-refractivity contribution in [3.63, 3.8) is 0 Å². The predicted octanol–water partition coefficient (Wildman–Crippen LogP) is 12.9. The topological polar surface area (TPSA) is 48.8 Å². The van der Waals surface area contributed by atoms with E-state index in [-0.39, 0.29) is 0 Å². The second-order valence-electron chi connectivity index (χ2n) is 13.7. The van der Waals surface area contributed by atoms with Crippen LogP contribution in [0.2, 0.25) is 0 Å². The quantitative estimate of drug-likeness (QED) is 0.183. The summed E-state index contributed by atoms with van der Waals surface area (Å²) < 4.78 is 11.4. The molecule has 4 aromatic heterocycles. The summed E-state index contributed by atoms with van der Waals surface area (Å²) in [5, 5.41) is 5.42. The minimum Gasteiger partial charge on any atom is -0.438 e. The molecule has 0 atom stereocenters. The van der Waals surface area contributed by atoms with Crippen LogP contribution in [0.4, 0.5) is 0 Å². The first kappa shape index (κ1) is 29.7. The number of para-hydroxylation sites is 4. The maximum atomic E-state index is 6.54. The molecule has 0 N–H and O–H groups in total. The summed E-state index contributed by atoms with van der Waals surface area (Å²) in [7, 11) is 0. The van der Waals surface area contributed by atoms with Crippen molar-refractivity contribution in [2.75, 3.05) is 0 Å². The maximum Gasteiger partial charge on any atom is 0.231 e. The first-order chi connectivity index (χ1) is 26.8. The SMILES string of the molecule is c1ccc(-c2ccc(-c3nc(-c4cccc5c4c4c6cccc7c6n(c4n5-c4ccccc4)-c4ccccc4S7)nc4oc5ccccc5c34)cc2)cc1. The van der Waals surface area contributed by atoms with Crippen molar-refractivity contribution in [2.24, 2.45) is 0 Å². The smallest absolute Gasteiger partial charge is 0.231 e. The Hall–Kier alpha value is -6.89. The van der Waals surface area contributed by atoms with E-state index in [1.807, 2.05) is 36.0 Å². The maximum absolute atomic E-state index is 6.54. The fraction of sp³-hybridized carbons (Fsp3) is 0. The number of aromatic nitrogens is 4. The number of fused-ring (bicyclic) bond motifs is 10. The molecule has 0 radical (unpaired) electrons. The van der Waals surface area contributed by atoms with Crippen LogP contribution in [-0.4, -0.2) is 19.1 Å². The van der Waals surface area contributed by atoms with Crippen LogP contribution >= 0.6 is 11.8 Å². The summed E-state index contributed by atoms with van der Waals surface area (Å²) in [6.45, 7) is 0.